The van der Waals surface area contributed by atoms with Gasteiger partial charge in [-0.3, -0.25) is 4.72 Å². The average Bonchev–Trinajstić information content (AvgIpc) is 2.33. The minimum absolute atomic E-state index is 0.0542. The highest BCUT2D eigenvalue weighted by Gasteiger charge is 2.16. The zero-order valence-electron chi connectivity index (χ0n) is 9.60. The van der Waals surface area contributed by atoms with Gasteiger partial charge in [0.05, 0.1) is 15.6 Å². The van der Waals surface area contributed by atoms with Gasteiger partial charge in [-0.25, -0.2) is 8.42 Å². The molecule has 0 aliphatic carbocycles. The first-order valence-corrected chi connectivity index (χ1v) is 7.46. The van der Waals surface area contributed by atoms with Crippen LogP contribution < -0.4 is 10.5 Å². The topological polar surface area (TPSA) is 72.2 Å². The summed E-state index contributed by atoms with van der Waals surface area (Å²) in [6.45, 7) is 0. The summed E-state index contributed by atoms with van der Waals surface area (Å²) >= 11 is 11.7. The van der Waals surface area contributed by atoms with Crippen LogP contribution in [0.1, 0.15) is 0 Å². The molecule has 0 unspecified atom stereocenters. The van der Waals surface area contributed by atoms with Crippen molar-refractivity contribution < 1.29 is 8.42 Å². The third-order valence-electron chi connectivity index (χ3n) is 2.34. The summed E-state index contributed by atoms with van der Waals surface area (Å²) in [5.41, 5.74) is 6.23. The summed E-state index contributed by atoms with van der Waals surface area (Å²) < 4.78 is 26.7. The van der Waals surface area contributed by atoms with Crippen molar-refractivity contribution in [2.24, 2.45) is 0 Å². The van der Waals surface area contributed by atoms with Crippen molar-refractivity contribution in [1.29, 1.82) is 0 Å². The quantitative estimate of drug-likeness (QED) is 0.853. The zero-order chi connectivity index (χ0) is 14.0. The zero-order valence-corrected chi connectivity index (χ0v) is 11.9. The molecular weight excluding hydrogens is 307 g/mol. The van der Waals surface area contributed by atoms with E-state index in [0.29, 0.717) is 10.7 Å². The van der Waals surface area contributed by atoms with Crippen molar-refractivity contribution in [3.8, 4) is 0 Å². The number of anilines is 2. The van der Waals surface area contributed by atoms with Gasteiger partial charge in [0, 0.05) is 10.7 Å². The molecule has 0 atom stereocenters. The average molecular weight is 317 g/mol. The van der Waals surface area contributed by atoms with Crippen molar-refractivity contribution in [3.05, 3.63) is 52.5 Å². The second-order valence-corrected chi connectivity index (χ2v) is 6.33. The Kier molecular flexibility index (Phi) is 3.89. The van der Waals surface area contributed by atoms with Gasteiger partial charge in [-0.15, -0.1) is 0 Å². The first-order chi connectivity index (χ1) is 8.88. The van der Waals surface area contributed by atoms with Crippen LogP contribution in [0.15, 0.2) is 47.4 Å². The van der Waals surface area contributed by atoms with E-state index in [0.717, 1.165) is 0 Å². The standard InChI is InChI=1S/C12H10Cl2N2O2S/c13-8-2-1-3-10(6-8)19(17,18)16-12-7-9(15)4-5-11(12)14/h1-7,16H,15H2. The summed E-state index contributed by atoms with van der Waals surface area (Å²) in [6, 6.07) is 10.5. The molecule has 0 heterocycles. The Morgan fingerprint density at radius 2 is 1.79 bits per heavy atom. The van der Waals surface area contributed by atoms with Crippen molar-refractivity contribution in [2.45, 2.75) is 4.90 Å². The number of hydrogen-bond donors (Lipinski definition) is 2. The van der Waals surface area contributed by atoms with Gasteiger partial charge in [0.2, 0.25) is 0 Å². The molecule has 0 aliphatic rings. The molecule has 7 heteroatoms. The maximum absolute atomic E-state index is 12.1. The minimum atomic E-state index is -3.75. The molecular formula is C12H10Cl2N2O2S. The van der Waals surface area contributed by atoms with E-state index in [1.807, 2.05) is 0 Å². The van der Waals surface area contributed by atoms with Crippen LogP contribution >= 0.6 is 23.2 Å². The van der Waals surface area contributed by atoms with E-state index in [-0.39, 0.29) is 15.6 Å². The van der Waals surface area contributed by atoms with E-state index >= 15 is 0 Å². The number of nitrogens with two attached hydrogens (primary N) is 1. The van der Waals surface area contributed by atoms with Crippen LogP contribution in [-0.2, 0) is 10.0 Å². The van der Waals surface area contributed by atoms with Gasteiger partial charge in [0.15, 0.2) is 0 Å². The molecule has 2 rings (SSSR count). The Labute approximate surface area is 121 Å². The number of nitrogens with one attached hydrogen (secondary N) is 1. The van der Waals surface area contributed by atoms with E-state index in [9.17, 15) is 8.42 Å². The largest absolute Gasteiger partial charge is 0.399 e. The smallest absolute Gasteiger partial charge is 0.261 e. The predicted octanol–water partition coefficient (Wildman–Crippen LogP) is 3.38. The third-order valence-corrected chi connectivity index (χ3v) is 4.27. The molecule has 0 saturated carbocycles. The second kappa shape index (κ2) is 5.28. The molecule has 0 aromatic heterocycles. The summed E-state index contributed by atoms with van der Waals surface area (Å²) in [5, 5.41) is 0.598. The van der Waals surface area contributed by atoms with E-state index in [1.54, 1.807) is 18.2 Å². The van der Waals surface area contributed by atoms with Gasteiger partial charge in [0.1, 0.15) is 0 Å². The van der Waals surface area contributed by atoms with Crippen LogP contribution in [0.3, 0.4) is 0 Å². The van der Waals surface area contributed by atoms with Crippen molar-refractivity contribution in [2.75, 3.05) is 10.5 Å². The number of rotatable bonds is 3. The fourth-order valence-electron chi connectivity index (χ4n) is 1.46. The summed E-state index contributed by atoms with van der Waals surface area (Å²) in [5.74, 6) is 0. The second-order valence-electron chi connectivity index (χ2n) is 3.80. The van der Waals surface area contributed by atoms with E-state index in [1.165, 1.54) is 24.3 Å². The van der Waals surface area contributed by atoms with E-state index in [4.69, 9.17) is 28.9 Å². The molecule has 0 amide bonds. The van der Waals surface area contributed by atoms with Crippen molar-refractivity contribution in [3.63, 3.8) is 0 Å². The maximum atomic E-state index is 12.1. The van der Waals surface area contributed by atoms with Gasteiger partial charge in [0.25, 0.3) is 10.0 Å². The highest BCUT2D eigenvalue weighted by Crippen LogP contribution is 2.27. The normalized spacial score (nSPS) is 11.3. The third kappa shape index (κ3) is 3.32. The van der Waals surface area contributed by atoms with Gasteiger partial charge in [-0.1, -0.05) is 29.3 Å². The number of nitrogen functional groups attached to an aromatic ring is 1. The number of sulfonamides is 1. The highest BCUT2D eigenvalue weighted by atomic mass is 35.5. The van der Waals surface area contributed by atoms with Crippen LogP contribution in [0.25, 0.3) is 0 Å². The summed E-state index contributed by atoms with van der Waals surface area (Å²) in [4.78, 5) is 0.0542. The summed E-state index contributed by atoms with van der Waals surface area (Å²) in [7, 11) is -3.75. The Balaban J connectivity index is 2.39. The molecule has 0 radical (unpaired) electrons. The fourth-order valence-corrected chi connectivity index (χ4v) is 3.05. The molecule has 0 saturated heterocycles. The highest BCUT2D eigenvalue weighted by molar-refractivity contribution is 7.92. The Morgan fingerprint density at radius 3 is 2.47 bits per heavy atom. The molecule has 100 valence electrons. The molecule has 19 heavy (non-hydrogen) atoms. The SMILES string of the molecule is Nc1ccc(Cl)c(NS(=O)(=O)c2cccc(Cl)c2)c1. The predicted molar refractivity (Wildman–Crippen MR) is 78.1 cm³/mol. The molecule has 2 aromatic carbocycles. The molecule has 4 nitrogen and oxygen atoms in total. The Hall–Kier alpha value is -1.43. The molecule has 2 aromatic rings. The lowest BCUT2D eigenvalue weighted by atomic mass is 10.3. The van der Waals surface area contributed by atoms with Crippen LogP contribution in [0.2, 0.25) is 10.0 Å². The van der Waals surface area contributed by atoms with Crippen LogP contribution in [0.4, 0.5) is 11.4 Å². The number of benzene rings is 2. The lowest BCUT2D eigenvalue weighted by molar-refractivity contribution is 0.601. The Bertz CT molecular complexity index is 717. The first-order valence-electron chi connectivity index (χ1n) is 5.22. The molecule has 0 spiro atoms. The van der Waals surface area contributed by atoms with Gasteiger partial charge in [-0.05, 0) is 36.4 Å². The molecule has 0 aliphatic heterocycles. The summed E-state index contributed by atoms with van der Waals surface area (Å²) in [6.07, 6.45) is 0. The van der Waals surface area contributed by atoms with E-state index in [2.05, 4.69) is 4.72 Å². The molecule has 0 bridgehead atoms. The van der Waals surface area contributed by atoms with Crippen LogP contribution in [0.5, 0.6) is 0 Å². The van der Waals surface area contributed by atoms with Crippen LogP contribution in [-0.4, -0.2) is 8.42 Å². The fraction of sp³-hybridized carbons (Fsp3) is 0. The lowest BCUT2D eigenvalue weighted by Crippen LogP contribution is -2.13. The minimum Gasteiger partial charge on any atom is -0.399 e. The monoisotopic (exact) mass is 316 g/mol. The Morgan fingerprint density at radius 1 is 1.05 bits per heavy atom. The number of halogens is 2. The first kappa shape index (κ1) is 14.0. The van der Waals surface area contributed by atoms with Crippen molar-refractivity contribution >= 4 is 44.6 Å². The lowest BCUT2D eigenvalue weighted by Gasteiger charge is -2.10. The van der Waals surface area contributed by atoms with Crippen molar-refractivity contribution in [1.82, 2.24) is 0 Å². The number of hydrogen-bond acceptors (Lipinski definition) is 3. The molecule has 0 fully saturated rings. The van der Waals surface area contributed by atoms with Gasteiger partial charge in [-0.2, -0.15) is 0 Å². The molecule has 3 N–H and O–H groups in total. The van der Waals surface area contributed by atoms with Crippen LogP contribution in [0, 0.1) is 0 Å². The maximum Gasteiger partial charge on any atom is 0.261 e. The van der Waals surface area contributed by atoms with Gasteiger partial charge < -0.3 is 5.73 Å². The van der Waals surface area contributed by atoms with E-state index < -0.39 is 10.0 Å². The van der Waals surface area contributed by atoms with Gasteiger partial charge >= 0.3 is 0 Å².